The Balaban J connectivity index is 0.00000324. The molecule has 0 fully saturated rings. The van der Waals surface area contributed by atoms with Crippen LogP contribution in [0, 0.1) is 0 Å². The molecule has 0 aromatic heterocycles. The molecule has 1 amide bonds. The molecule has 0 bridgehead atoms. The van der Waals surface area contributed by atoms with Crippen molar-refractivity contribution >= 4 is 34.2 Å². The summed E-state index contributed by atoms with van der Waals surface area (Å²) < 4.78 is 26.5. The van der Waals surface area contributed by atoms with Crippen molar-refractivity contribution in [2.75, 3.05) is 13.1 Å². The second-order valence-corrected chi connectivity index (χ2v) is 4.88. The average molecular weight is 358 g/mol. The first-order chi connectivity index (χ1) is 8.43. The third-order valence-electron chi connectivity index (χ3n) is 2.40. The van der Waals surface area contributed by atoms with Crippen LogP contribution >= 0.6 is 28.3 Å². The molecule has 1 aromatic carbocycles. The summed E-state index contributed by atoms with van der Waals surface area (Å²) in [5, 5.41) is 2.18. The van der Waals surface area contributed by atoms with Gasteiger partial charge < -0.3 is 11.1 Å². The van der Waals surface area contributed by atoms with Crippen LogP contribution in [0.15, 0.2) is 28.7 Å². The Morgan fingerprint density at radius 1 is 1.32 bits per heavy atom. The molecule has 0 aliphatic heterocycles. The highest BCUT2D eigenvalue weighted by molar-refractivity contribution is 9.10. The summed E-state index contributed by atoms with van der Waals surface area (Å²) in [5.74, 6) is -3.43. The quantitative estimate of drug-likeness (QED) is 0.822. The van der Waals surface area contributed by atoms with Crippen molar-refractivity contribution in [1.82, 2.24) is 5.32 Å². The van der Waals surface area contributed by atoms with Gasteiger partial charge in [-0.2, -0.15) is 0 Å². The van der Waals surface area contributed by atoms with Gasteiger partial charge in [0.15, 0.2) is 0 Å². The summed E-state index contributed by atoms with van der Waals surface area (Å²) in [6, 6.07) is 7.50. The van der Waals surface area contributed by atoms with Crippen LogP contribution in [0.2, 0.25) is 0 Å². The van der Waals surface area contributed by atoms with Crippen molar-refractivity contribution in [3.8, 4) is 0 Å². The lowest BCUT2D eigenvalue weighted by atomic mass is 10.1. The summed E-state index contributed by atoms with van der Waals surface area (Å²) in [7, 11) is 0. The molecule has 0 atom stereocenters. The fraction of sp³-hybridized carbons (Fsp3) is 0.417. The molecule has 0 spiro atoms. The third kappa shape index (κ3) is 7.44. The van der Waals surface area contributed by atoms with Crippen molar-refractivity contribution < 1.29 is 13.6 Å². The summed E-state index contributed by atoms with van der Waals surface area (Å²) >= 11 is 3.31. The molecule has 19 heavy (non-hydrogen) atoms. The first kappa shape index (κ1) is 18.3. The highest BCUT2D eigenvalue weighted by atomic mass is 79.9. The molecule has 108 valence electrons. The van der Waals surface area contributed by atoms with Gasteiger partial charge in [0.2, 0.25) is 5.91 Å². The third-order valence-corrected chi connectivity index (χ3v) is 2.93. The number of carbonyl (C=O) groups is 1. The van der Waals surface area contributed by atoms with Gasteiger partial charge in [-0.1, -0.05) is 28.1 Å². The standard InChI is InChI=1S/C12H15BrF2N2O.ClH/c13-10-4-1-9(2-5-10)3-6-11(18)17-8-12(14,15)7-16;/h1-2,4-5H,3,6-8,16H2,(H,17,18);1H. The van der Waals surface area contributed by atoms with Crippen molar-refractivity contribution in [2.45, 2.75) is 18.8 Å². The topological polar surface area (TPSA) is 55.1 Å². The van der Waals surface area contributed by atoms with Crippen LogP contribution in [0.3, 0.4) is 0 Å². The minimum Gasteiger partial charge on any atom is -0.350 e. The van der Waals surface area contributed by atoms with Gasteiger partial charge in [0.1, 0.15) is 0 Å². The molecule has 0 radical (unpaired) electrons. The van der Waals surface area contributed by atoms with E-state index in [1.165, 1.54) is 0 Å². The average Bonchev–Trinajstić information content (AvgIpc) is 2.36. The van der Waals surface area contributed by atoms with Gasteiger partial charge in [-0.25, -0.2) is 8.78 Å². The predicted molar refractivity (Wildman–Crippen MR) is 76.7 cm³/mol. The lowest BCUT2D eigenvalue weighted by molar-refractivity contribution is -0.122. The van der Waals surface area contributed by atoms with Gasteiger partial charge in [0.25, 0.3) is 5.92 Å². The number of hydrogen-bond acceptors (Lipinski definition) is 2. The van der Waals surface area contributed by atoms with Crippen LogP contribution in [0.1, 0.15) is 12.0 Å². The number of benzene rings is 1. The first-order valence-corrected chi connectivity index (χ1v) is 6.31. The molecule has 0 saturated heterocycles. The van der Waals surface area contributed by atoms with E-state index in [2.05, 4.69) is 21.2 Å². The fourth-order valence-electron chi connectivity index (χ4n) is 1.30. The van der Waals surface area contributed by atoms with Crippen LogP contribution in [0.4, 0.5) is 8.78 Å². The van der Waals surface area contributed by atoms with E-state index < -0.39 is 24.9 Å². The zero-order valence-electron chi connectivity index (χ0n) is 10.2. The number of rotatable bonds is 6. The molecule has 7 heteroatoms. The van der Waals surface area contributed by atoms with E-state index >= 15 is 0 Å². The second-order valence-electron chi connectivity index (χ2n) is 3.96. The van der Waals surface area contributed by atoms with E-state index in [1.807, 2.05) is 24.3 Å². The lowest BCUT2D eigenvalue weighted by Gasteiger charge is -2.14. The van der Waals surface area contributed by atoms with Crippen molar-refractivity contribution in [2.24, 2.45) is 5.73 Å². The normalized spacial score (nSPS) is 10.7. The zero-order valence-corrected chi connectivity index (χ0v) is 12.6. The zero-order chi connectivity index (χ0) is 13.6. The van der Waals surface area contributed by atoms with Gasteiger partial charge >= 0.3 is 0 Å². The van der Waals surface area contributed by atoms with Crippen molar-refractivity contribution in [1.29, 1.82) is 0 Å². The Morgan fingerprint density at radius 2 is 1.89 bits per heavy atom. The summed E-state index contributed by atoms with van der Waals surface area (Å²) in [6.45, 7) is -1.47. The maximum absolute atomic E-state index is 12.8. The molecule has 3 nitrogen and oxygen atoms in total. The number of alkyl halides is 2. The van der Waals surface area contributed by atoms with Gasteiger partial charge in [0.05, 0.1) is 13.1 Å². The minimum atomic E-state index is -3.03. The molecule has 1 aromatic rings. The number of amides is 1. The Morgan fingerprint density at radius 3 is 2.42 bits per heavy atom. The van der Waals surface area contributed by atoms with Crippen molar-refractivity contribution in [3.05, 3.63) is 34.3 Å². The van der Waals surface area contributed by atoms with Crippen LogP contribution in [0.5, 0.6) is 0 Å². The molecule has 3 N–H and O–H groups in total. The van der Waals surface area contributed by atoms with Gasteiger partial charge in [-0.3, -0.25) is 4.79 Å². The Kier molecular flexibility index (Phi) is 8.13. The molecular weight excluding hydrogens is 341 g/mol. The van der Waals surface area contributed by atoms with E-state index in [-0.39, 0.29) is 18.8 Å². The predicted octanol–water partition coefficient (Wildman–Crippen LogP) is 2.51. The molecule has 0 aliphatic rings. The summed E-state index contributed by atoms with van der Waals surface area (Å²) in [5.41, 5.74) is 5.85. The Hall–Kier alpha value is -0.720. The van der Waals surface area contributed by atoms with E-state index in [9.17, 15) is 13.6 Å². The highest BCUT2D eigenvalue weighted by Gasteiger charge is 2.26. The SMILES string of the molecule is Cl.NCC(F)(F)CNC(=O)CCc1ccc(Br)cc1. The van der Waals surface area contributed by atoms with Crippen LogP contribution < -0.4 is 11.1 Å². The van der Waals surface area contributed by atoms with Gasteiger partial charge in [0, 0.05) is 10.9 Å². The second kappa shape index (κ2) is 8.45. The number of hydrogen-bond donors (Lipinski definition) is 2. The number of carbonyl (C=O) groups excluding carboxylic acids is 1. The molecular formula is C12H16BrClF2N2O. The maximum atomic E-state index is 12.8. The maximum Gasteiger partial charge on any atom is 0.277 e. The lowest BCUT2D eigenvalue weighted by Crippen LogP contribution is -2.41. The molecule has 0 unspecified atom stereocenters. The van der Waals surface area contributed by atoms with Crippen LogP contribution in [-0.2, 0) is 11.2 Å². The molecule has 0 aliphatic carbocycles. The van der Waals surface area contributed by atoms with Gasteiger partial charge in [-0.05, 0) is 24.1 Å². The van der Waals surface area contributed by atoms with E-state index in [0.29, 0.717) is 6.42 Å². The highest BCUT2D eigenvalue weighted by Crippen LogP contribution is 2.12. The number of nitrogens with two attached hydrogens (primary N) is 1. The molecule has 1 rings (SSSR count). The van der Waals surface area contributed by atoms with E-state index in [0.717, 1.165) is 10.0 Å². The summed E-state index contributed by atoms with van der Waals surface area (Å²) in [6.07, 6.45) is 0.704. The van der Waals surface area contributed by atoms with E-state index in [4.69, 9.17) is 5.73 Å². The molecule has 0 saturated carbocycles. The molecule has 0 heterocycles. The summed E-state index contributed by atoms with van der Waals surface area (Å²) in [4.78, 5) is 11.4. The Labute approximate surface area is 125 Å². The number of aryl methyl sites for hydroxylation is 1. The first-order valence-electron chi connectivity index (χ1n) is 5.52. The fourth-order valence-corrected chi connectivity index (χ4v) is 1.56. The smallest absolute Gasteiger partial charge is 0.277 e. The van der Waals surface area contributed by atoms with E-state index in [1.54, 1.807) is 0 Å². The monoisotopic (exact) mass is 356 g/mol. The largest absolute Gasteiger partial charge is 0.350 e. The van der Waals surface area contributed by atoms with Crippen LogP contribution in [-0.4, -0.2) is 24.9 Å². The van der Waals surface area contributed by atoms with Gasteiger partial charge in [-0.15, -0.1) is 12.4 Å². The Bertz CT molecular complexity index is 401. The van der Waals surface area contributed by atoms with Crippen LogP contribution in [0.25, 0.3) is 0 Å². The van der Waals surface area contributed by atoms with Crippen molar-refractivity contribution in [3.63, 3.8) is 0 Å². The minimum absolute atomic E-state index is 0. The number of halogens is 4. The number of nitrogens with one attached hydrogen (secondary N) is 1.